The van der Waals surface area contributed by atoms with Crippen LogP contribution in [0.2, 0.25) is 0 Å². The van der Waals surface area contributed by atoms with Crippen LogP contribution < -0.4 is 9.80 Å². The zero-order valence-electron chi connectivity index (χ0n) is 26.9. The summed E-state index contributed by atoms with van der Waals surface area (Å²) in [6, 6.07) is 71.0. The minimum Gasteiger partial charge on any atom is -0.310 e. The molecule has 0 aromatic heterocycles. The summed E-state index contributed by atoms with van der Waals surface area (Å²) >= 11 is 0. The zero-order chi connectivity index (χ0) is 32.4. The lowest BCUT2D eigenvalue weighted by atomic mass is 9.63. The van der Waals surface area contributed by atoms with Crippen molar-refractivity contribution in [2.45, 2.75) is 5.41 Å². The van der Waals surface area contributed by atoms with Crippen molar-refractivity contribution >= 4 is 44.9 Å². The molecule has 0 bridgehead atoms. The van der Waals surface area contributed by atoms with Crippen LogP contribution in [0.3, 0.4) is 0 Å². The fourth-order valence-electron chi connectivity index (χ4n) is 8.51. The van der Waals surface area contributed by atoms with Crippen LogP contribution in [0, 0.1) is 0 Å². The molecule has 1 aliphatic heterocycles. The Hall–Kier alpha value is -6.38. The van der Waals surface area contributed by atoms with E-state index in [9.17, 15) is 0 Å². The SMILES string of the molecule is c1ccc(N(c2ccccc2)c2ccc3c(c2)C2(c4ccccc4-c4ccc5ccccc5c42)c2ccccc2N3c2ccccc2)cc1. The summed E-state index contributed by atoms with van der Waals surface area (Å²) in [5.74, 6) is 0. The maximum Gasteiger partial charge on any atom is 0.0761 e. The molecule has 10 rings (SSSR count). The average Bonchev–Trinajstić information content (AvgIpc) is 3.48. The van der Waals surface area contributed by atoms with Gasteiger partial charge >= 0.3 is 0 Å². The molecule has 2 heteroatoms. The number of benzene rings is 8. The molecule has 0 saturated heterocycles. The van der Waals surface area contributed by atoms with Crippen LogP contribution in [-0.2, 0) is 5.41 Å². The Morgan fingerprint density at radius 3 is 1.73 bits per heavy atom. The van der Waals surface area contributed by atoms with Crippen molar-refractivity contribution in [3.05, 3.63) is 216 Å². The molecule has 0 radical (unpaired) electrons. The number of rotatable bonds is 4. The molecule has 1 atom stereocenters. The van der Waals surface area contributed by atoms with Crippen LogP contribution in [0.4, 0.5) is 34.1 Å². The predicted octanol–water partition coefficient (Wildman–Crippen LogP) is 12.5. The molecule has 1 heterocycles. The van der Waals surface area contributed by atoms with Crippen molar-refractivity contribution in [2.24, 2.45) is 0 Å². The molecule has 0 amide bonds. The minimum absolute atomic E-state index is 0.556. The molecule has 0 fully saturated rings. The van der Waals surface area contributed by atoms with Crippen LogP contribution >= 0.6 is 0 Å². The Morgan fingerprint density at radius 1 is 0.388 bits per heavy atom. The summed E-state index contributed by atoms with van der Waals surface area (Å²) in [5.41, 5.74) is 14.2. The van der Waals surface area contributed by atoms with Crippen LogP contribution in [0.15, 0.2) is 194 Å². The third kappa shape index (κ3) is 3.95. The van der Waals surface area contributed by atoms with E-state index in [1.807, 2.05) is 0 Å². The number of nitrogens with zero attached hydrogens (tertiary/aromatic N) is 2. The van der Waals surface area contributed by atoms with Gasteiger partial charge in [-0.2, -0.15) is 0 Å². The standard InChI is InChI=1S/C47H32N2/c1-4-17-34(18-5-1)48(35-19-6-2-7-20-35)37-29-31-45-43(32-37)47(42-26-14-15-27-44(42)49(45)36-21-8-3-9-22-36)41-25-13-12-24-39(41)40-30-28-33-16-10-11-23-38(33)46(40)47/h1-32H. The first-order valence-electron chi connectivity index (χ1n) is 17.0. The molecule has 1 unspecified atom stereocenters. The predicted molar refractivity (Wildman–Crippen MR) is 204 cm³/mol. The molecule has 2 aliphatic rings. The summed E-state index contributed by atoms with van der Waals surface area (Å²) in [4.78, 5) is 4.84. The van der Waals surface area contributed by atoms with E-state index in [0.29, 0.717) is 0 Å². The molecule has 1 spiro atoms. The van der Waals surface area contributed by atoms with Gasteiger partial charge < -0.3 is 9.80 Å². The topological polar surface area (TPSA) is 6.48 Å². The highest BCUT2D eigenvalue weighted by Gasteiger charge is 2.52. The van der Waals surface area contributed by atoms with E-state index in [-0.39, 0.29) is 0 Å². The molecular formula is C47H32N2. The zero-order valence-corrected chi connectivity index (χ0v) is 26.9. The van der Waals surface area contributed by atoms with E-state index in [1.54, 1.807) is 0 Å². The van der Waals surface area contributed by atoms with Gasteiger partial charge in [-0.1, -0.05) is 133 Å². The Morgan fingerprint density at radius 2 is 0.980 bits per heavy atom. The van der Waals surface area contributed by atoms with E-state index in [2.05, 4.69) is 204 Å². The second-order valence-electron chi connectivity index (χ2n) is 12.9. The summed E-state index contributed by atoms with van der Waals surface area (Å²) in [5, 5.41) is 2.54. The summed E-state index contributed by atoms with van der Waals surface area (Å²) in [6.07, 6.45) is 0. The van der Waals surface area contributed by atoms with Gasteiger partial charge in [0.2, 0.25) is 0 Å². The fraction of sp³-hybridized carbons (Fsp3) is 0.0213. The highest BCUT2D eigenvalue weighted by molar-refractivity contribution is 6.04. The summed E-state index contributed by atoms with van der Waals surface area (Å²) in [6.45, 7) is 0. The first-order valence-corrected chi connectivity index (χ1v) is 17.0. The number of hydrogen-bond acceptors (Lipinski definition) is 2. The molecule has 1 aliphatic carbocycles. The van der Waals surface area contributed by atoms with E-state index in [1.165, 1.54) is 55.5 Å². The summed E-state index contributed by atoms with van der Waals surface area (Å²) < 4.78 is 0. The fourth-order valence-corrected chi connectivity index (χ4v) is 8.51. The normalized spacial score (nSPS) is 15.4. The van der Waals surface area contributed by atoms with Crippen molar-refractivity contribution in [1.29, 1.82) is 0 Å². The lowest BCUT2D eigenvalue weighted by molar-refractivity contribution is 0.759. The third-order valence-corrected chi connectivity index (χ3v) is 10.4. The second-order valence-corrected chi connectivity index (χ2v) is 12.9. The molecule has 0 saturated carbocycles. The maximum atomic E-state index is 2.47. The average molecular weight is 625 g/mol. The summed E-state index contributed by atoms with van der Waals surface area (Å²) in [7, 11) is 0. The molecule has 8 aromatic carbocycles. The Bertz CT molecular complexity index is 2470. The van der Waals surface area contributed by atoms with Crippen LogP contribution in [-0.4, -0.2) is 0 Å². The molecule has 0 N–H and O–H groups in total. The Balaban J connectivity index is 1.37. The minimum atomic E-state index is -0.556. The maximum absolute atomic E-state index is 2.47. The van der Waals surface area contributed by atoms with Gasteiger partial charge in [-0.15, -0.1) is 0 Å². The smallest absolute Gasteiger partial charge is 0.0761 e. The number of fused-ring (bicyclic) bond motifs is 11. The first kappa shape index (κ1) is 27.7. The molecular weight excluding hydrogens is 593 g/mol. The van der Waals surface area contributed by atoms with Crippen molar-refractivity contribution in [3.8, 4) is 11.1 Å². The monoisotopic (exact) mass is 624 g/mol. The largest absolute Gasteiger partial charge is 0.310 e. The highest BCUT2D eigenvalue weighted by atomic mass is 15.2. The van der Waals surface area contributed by atoms with E-state index >= 15 is 0 Å². The number of anilines is 6. The van der Waals surface area contributed by atoms with E-state index in [0.717, 1.165) is 22.7 Å². The molecule has 49 heavy (non-hydrogen) atoms. The molecule has 8 aromatic rings. The van der Waals surface area contributed by atoms with Crippen molar-refractivity contribution in [3.63, 3.8) is 0 Å². The van der Waals surface area contributed by atoms with Gasteiger partial charge in [-0.05, 0) is 105 Å². The van der Waals surface area contributed by atoms with Gasteiger partial charge in [-0.25, -0.2) is 0 Å². The van der Waals surface area contributed by atoms with E-state index < -0.39 is 5.41 Å². The van der Waals surface area contributed by atoms with Crippen molar-refractivity contribution < 1.29 is 0 Å². The van der Waals surface area contributed by atoms with Gasteiger partial charge in [0, 0.05) is 22.7 Å². The third-order valence-electron chi connectivity index (χ3n) is 10.4. The lowest BCUT2D eigenvalue weighted by Crippen LogP contribution is -2.36. The van der Waals surface area contributed by atoms with Crippen LogP contribution in [0.5, 0.6) is 0 Å². The number of para-hydroxylation sites is 4. The van der Waals surface area contributed by atoms with Gasteiger partial charge in [0.25, 0.3) is 0 Å². The van der Waals surface area contributed by atoms with Crippen LogP contribution in [0.25, 0.3) is 21.9 Å². The molecule has 2 nitrogen and oxygen atoms in total. The van der Waals surface area contributed by atoms with Gasteiger partial charge in [-0.3, -0.25) is 0 Å². The Kier molecular flexibility index (Phi) is 6.13. The van der Waals surface area contributed by atoms with Crippen molar-refractivity contribution in [1.82, 2.24) is 0 Å². The number of hydrogen-bond donors (Lipinski definition) is 0. The first-order chi connectivity index (χ1) is 24.3. The second kappa shape index (κ2) is 10.8. The van der Waals surface area contributed by atoms with E-state index in [4.69, 9.17) is 0 Å². The molecule has 230 valence electrons. The Labute approximate surface area is 286 Å². The van der Waals surface area contributed by atoms with Crippen LogP contribution in [0.1, 0.15) is 22.3 Å². The van der Waals surface area contributed by atoms with Gasteiger partial charge in [0.15, 0.2) is 0 Å². The highest BCUT2D eigenvalue weighted by Crippen LogP contribution is 2.65. The van der Waals surface area contributed by atoms with Crippen molar-refractivity contribution in [2.75, 3.05) is 9.80 Å². The lowest BCUT2D eigenvalue weighted by Gasteiger charge is -2.45. The van der Waals surface area contributed by atoms with Gasteiger partial charge in [0.05, 0.1) is 16.8 Å². The van der Waals surface area contributed by atoms with Gasteiger partial charge in [0.1, 0.15) is 0 Å². The quantitative estimate of drug-likeness (QED) is 0.192.